The van der Waals surface area contributed by atoms with Crippen molar-refractivity contribution in [3.63, 3.8) is 0 Å². The van der Waals surface area contributed by atoms with Crippen LogP contribution in [-0.2, 0) is 12.0 Å². The van der Waals surface area contributed by atoms with Crippen LogP contribution in [0.5, 0.6) is 0 Å². The second-order valence-corrected chi connectivity index (χ2v) is 8.21. The first-order valence-electron chi connectivity index (χ1n) is 9.92. The van der Waals surface area contributed by atoms with Crippen LogP contribution < -0.4 is 11.3 Å². The van der Waals surface area contributed by atoms with Gasteiger partial charge >= 0.3 is 0 Å². The SMILES string of the molecule is CCn1ncc2c(F)cc(-c3ccc(C(CC)(CC)c4nnc(N)s4)c(=O)[nH]3)cc21. The first-order valence-corrected chi connectivity index (χ1v) is 10.7. The zero-order valence-corrected chi connectivity index (χ0v) is 17.9. The Kier molecular flexibility index (Phi) is 5.15. The van der Waals surface area contributed by atoms with Crippen LogP contribution in [0.2, 0.25) is 0 Å². The van der Waals surface area contributed by atoms with Crippen LogP contribution >= 0.6 is 11.3 Å². The topological polar surface area (TPSA) is 102 Å². The summed E-state index contributed by atoms with van der Waals surface area (Å²) in [4.78, 5) is 16.1. The number of nitrogens with two attached hydrogens (primary N) is 1. The summed E-state index contributed by atoms with van der Waals surface area (Å²) in [5.41, 5.74) is 7.43. The number of rotatable bonds is 6. The minimum Gasteiger partial charge on any atom is -0.374 e. The molecule has 9 heteroatoms. The van der Waals surface area contributed by atoms with Gasteiger partial charge in [0.1, 0.15) is 10.8 Å². The van der Waals surface area contributed by atoms with E-state index < -0.39 is 5.41 Å². The number of pyridine rings is 1. The second kappa shape index (κ2) is 7.64. The van der Waals surface area contributed by atoms with E-state index in [0.717, 1.165) is 5.01 Å². The molecular formula is C21H23FN6OS. The lowest BCUT2D eigenvalue weighted by molar-refractivity contribution is 0.467. The summed E-state index contributed by atoms with van der Waals surface area (Å²) in [5, 5.41) is 13.9. The smallest absolute Gasteiger partial charge is 0.252 e. The molecule has 0 unspecified atom stereocenters. The van der Waals surface area contributed by atoms with Crippen LogP contribution in [0.4, 0.5) is 9.52 Å². The van der Waals surface area contributed by atoms with Crippen molar-refractivity contribution in [1.29, 1.82) is 0 Å². The van der Waals surface area contributed by atoms with Gasteiger partial charge in [-0.25, -0.2) is 4.39 Å². The molecule has 0 amide bonds. The van der Waals surface area contributed by atoms with Crippen molar-refractivity contribution in [2.75, 3.05) is 5.73 Å². The van der Waals surface area contributed by atoms with E-state index in [9.17, 15) is 9.18 Å². The predicted molar refractivity (Wildman–Crippen MR) is 117 cm³/mol. The fourth-order valence-corrected chi connectivity index (χ4v) is 4.99. The van der Waals surface area contributed by atoms with Gasteiger partial charge in [0.05, 0.1) is 22.5 Å². The number of nitrogen functional groups attached to an aromatic ring is 1. The van der Waals surface area contributed by atoms with Crippen molar-refractivity contribution in [2.24, 2.45) is 0 Å². The molecule has 0 saturated heterocycles. The highest BCUT2D eigenvalue weighted by Crippen LogP contribution is 2.39. The zero-order valence-electron chi connectivity index (χ0n) is 17.1. The van der Waals surface area contributed by atoms with E-state index in [1.807, 2.05) is 32.9 Å². The molecule has 3 aromatic heterocycles. The Morgan fingerprint density at radius 2 is 1.97 bits per heavy atom. The average molecular weight is 427 g/mol. The van der Waals surface area contributed by atoms with Crippen molar-refractivity contribution in [3.05, 3.63) is 57.2 Å². The zero-order chi connectivity index (χ0) is 21.5. The van der Waals surface area contributed by atoms with Crippen molar-refractivity contribution in [3.8, 4) is 11.3 Å². The largest absolute Gasteiger partial charge is 0.374 e. The first-order chi connectivity index (χ1) is 14.4. The van der Waals surface area contributed by atoms with Crippen LogP contribution in [0.15, 0.2) is 35.3 Å². The molecule has 0 bridgehead atoms. The van der Waals surface area contributed by atoms with Gasteiger partial charge in [0.25, 0.3) is 5.56 Å². The molecule has 7 nitrogen and oxygen atoms in total. The Hall–Kier alpha value is -3.07. The Bertz CT molecular complexity index is 1270. The maximum absolute atomic E-state index is 14.6. The van der Waals surface area contributed by atoms with E-state index >= 15 is 0 Å². The van der Waals surface area contributed by atoms with Crippen molar-refractivity contribution in [1.82, 2.24) is 25.0 Å². The third-order valence-electron chi connectivity index (χ3n) is 5.80. The van der Waals surface area contributed by atoms with Gasteiger partial charge < -0.3 is 10.7 Å². The lowest BCUT2D eigenvalue weighted by Gasteiger charge is -2.28. The molecule has 0 aliphatic rings. The normalized spacial score (nSPS) is 12.0. The highest BCUT2D eigenvalue weighted by atomic mass is 32.1. The molecule has 4 rings (SSSR count). The fraction of sp³-hybridized carbons (Fsp3) is 0.333. The Morgan fingerprint density at radius 1 is 1.20 bits per heavy atom. The van der Waals surface area contributed by atoms with E-state index in [2.05, 4.69) is 20.3 Å². The van der Waals surface area contributed by atoms with Crippen LogP contribution in [0.3, 0.4) is 0 Å². The summed E-state index contributed by atoms with van der Waals surface area (Å²) in [6.07, 6.45) is 2.88. The summed E-state index contributed by atoms with van der Waals surface area (Å²) in [5.74, 6) is -0.368. The number of hydrogen-bond acceptors (Lipinski definition) is 6. The van der Waals surface area contributed by atoms with E-state index in [0.29, 0.717) is 52.2 Å². The highest BCUT2D eigenvalue weighted by molar-refractivity contribution is 7.15. The van der Waals surface area contributed by atoms with Gasteiger partial charge in [0.15, 0.2) is 0 Å². The first kappa shape index (κ1) is 20.2. The fourth-order valence-electron chi connectivity index (χ4n) is 4.04. The van der Waals surface area contributed by atoms with Gasteiger partial charge in [-0.05, 0) is 38.0 Å². The van der Waals surface area contributed by atoms with Gasteiger partial charge in [-0.15, -0.1) is 10.2 Å². The van der Waals surface area contributed by atoms with Gasteiger partial charge in [0, 0.05) is 23.4 Å². The molecule has 0 atom stereocenters. The summed E-state index contributed by atoms with van der Waals surface area (Å²) in [6, 6.07) is 6.89. The lowest BCUT2D eigenvalue weighted by Crippen LogP contribution is -2.33. The second-order valence-electron chi connectivity index (χ2n) is 7.20. The quantitative estimate of drug-likeness (QED) is 0.483. The van der Waals surface area contributed by atoms with Crippen molar-refractivity contribution < 1.29 is 4.39 Å². The number of benzene rings is 1. The third kappa shape index (κ3) is 3.09. The lowest BCUT2D eigenvalue weighted by atomic mass is 9.77. The number of aryl methyl sites for hydroxylation is 1. The third-order valence-corrected chi connectivity index (χ3v) is 6.76. The van der Waals surface area contributed by atoms with Crippen LogP contribution in [0.25, 0.3) is 22.2 Å². The number of aromatic amines is 1. The molecule has 0 saturated carbocycles. The monoisotopic (exact) mass is 426 g/mol. The maximum atomic E-state index is 14.6. The van der Waals surface area contributed by atoms with Gasteiger partial charge in [-0.2, -0.15) is 5.10 Å². The summed E-state index contributed by atoms with van der Waals surface area (Å²) < 4.78 is 16.3. The minimum atomic E-state index is -0.572. The molecule has 0 spiro atoms. The van der Waals surface area contributed by atoms with Gasteiger partial charge in [-0.3, -0.25) is 9.48 Å². The summed E-state index contributed by atoms with van der Waals surface area (Å²) in [6.45, 7) is 6.61. The highest BCUT2D eigenvalue weighted by Gasteiger charge is 2.36. The number of fused-ring (bicyclic) bond motifs is 1. The van der Waals surface area contributed by atoms with Gasteiger partial charge in [0.2, 0.25) is 5.13 Å². The molecule has 1 aromatic carbocycles. The molecule has 0 fully saturated rings. The van der Waals surface area contributed by atoms with Gasteiger partial charge in [-0.1, -0.05) is 31.3 Å². The average Bonchev–Trinajstić information content (AvgIpc) is 3.37. The number of aromatic nitrogens is 5. The summed E-state index contributed by atoms with van der Waals surface area (Å²) in [7, 11) is 0. The van der Waals surface area contributed by atoms with E-state index in [1.165, 1.54) is 23.6 Å². The number of nitrogens with one attached hydrogen (secondary N) is 1. The molecular weight excluding hydrogens is 403 g/mol. The molecule has 30 heavy (non-hydrogen) atoms. The van der Waals surface area contributed by atoms with Crippen LogP contribution in [0.1, 0.15) is 44.2 Å². The molecule has 3 N–H and O–H groups in total. The molecule has 0 aliphatic carbocycles. The van der Waals surface area contributed by atoms with Crippen molar-refractivity contribution in [2.45, 2.75) is 45.6 Å². The Labute approximate surface area is 176 Å². The molecule has 0 radical (unpaired) electrons. The Balaban J connectivity index is 1.84. The molecule has 4 aromatic rings. The maximum Gasteiger partial charge on any atom is 0.252 e. The summed E-state index contributed by atoms with van der Waals surface area (Å²) >= 11 is 1.30. The van der Waals surface area contributed by atoms with Crippen LogP contribution in [0, 0.1) is 5.82 Å². The number of H-pyrrole nitrogens is 1. The number of anilines is 1. The molecule has 3 heterocycles. The van der Waals surface area contributed by atoms with Crippen molar-refractivity contribution >= 4 is 27.4 Å². The van der Waals surface area contributed by atoms with Crippen LogP contribution in [-0.4, -0.2) is 25.0 Å². The predicted octanol–water partition coefficient (Wildman–Crippen LogP) is 4.09. The van der Waals surface area contributed by atoms with E-state index in [-0.39, 0.29) is 11.4 Å². The Morgan fingerprint density at radius 3 is 2.57 bits per heavy atom. The molecule has 156 valence electrons. The standard InChI is InChI=1S/C21H23FN6OS/c1-4-21(5-2,19-26-27-20(23)30-19)14-7-8-16(25-18(14)29)12-9-15(22)13-11-24-28(6-3)17(13)10-12/h7-11H,4-6H2,1-3H3,(H2,23,27)(H,25,29). The number of nitrogens with zero attached hydrogens (tertiary/aromatic N) is 4. The number of hydrogen-bond donors (Lipinski definition) is 2. The minimum absolute atomic E-state index is 0.227. The number of halogens is 1. The van der Waals surface area contributed by atoms with E-state index in [4.69, 9.17) is 5.73 Å². The van der Waals surface area contributed by atoms with E-state index in [1.54, 1.807) is 10.7 Å². The molecule has 0 aliphatic heterocycles.